The summed E-state index contributed by atoms with van der Waals surface area (Å²) in [5, 5.41) is 12.7. The van der Waals surface area contributed by atoms with E-state index in [0.717, 1.165) is 5.56 Å². The number of hydrogen-bond donors (Lipinski definition) is 2. The molecule has 0 aliphatic carbocycles. The van der Waals surface area contributed by atoms with Crippen LogP contribution >= 0.6 is 11.6 Å². The standard InChI is InChI=1S/C8H10ClNO/c1-10-5-6-4-7(11)2-3-8(6)9/h2-4,10-11H,5H2,1H3. The quantitative estimate of drug-likeness (QED) is 0.711. The van der Waals surface area contributed by atoms with Crippen molar-refractivity contribution in [2.24, 2.45) is 0 Å². The van der Waals surface area contributed by atoms with Crippen LogP contribution in [0.2, 0.25) is 5.02 Å². The number of benzene rings is 1. The Kier molecular flexibility index (Phi) is 2.74. The van der Waals surface area contributed by atoms with Gasteiger partial charge in [-0.05, 0) is 30.8 Å². The van der Waals surface area contributed by atoms with Gasteiger partial charge in [-0.15, -0.1) is 0 Å². The van der Waals surface area contributed by atoms with Crippen LogP contribution in [0.3, 0.4) is 0 Å². The molecular weight excluding hydrogens is 162 g/mol. The topological polar surface area (TPSA) is 32.3 Å². The first-order valence-corrected chi connectivity index (χ1v) is 3.74. The Balaban J connectivity index is 2.93. The fourth-order valence-corrected chi connectivity index (χ4v) is 1.07. The fraction of sp³-hybridized carbons (Fsp3) is 0.250. The van der Waals surface area contributed by atoms with Gasteiger partial charge >= 0.3 is 0 Å². The van der Waals surface area contributed by atoms with Crippen molar-refractivity contribution in [3.63, 3.8) is 0 Å². The lowest BCUT2D eigenvalue weighted by Crippen LogP contribution is -2.05. The van der Waals surface area contributed by atoms with E-state index in [4.69, 9.17) is 16.7 Å². The van der Waals surface area contributed by atoms with Gasteiger partial charge in [0.25, 0.3) is 0 Å². The molecule has 0 aromatic heterocycles. The molecule has 0 aliphatic rings. The molecule has 0 bridgehead atoms. The first-order chi connectivity index (χ1) is 5.24. The molecule has 0 saturated carbocycles. The highest BCUT2D eigenvalue weighted by Crippen LogP contribution is 2.20. The molecule has 0 radical (unpaired) electrons. The maximum Gasteiger partial charge on any atom is 0.116 e. The van der Waals surface area contributed by atoms with Crippen molar-refractivity contribution >= 4 is 11.6 Å². The molecule has 0 spiro atoms. The molecule has 1 rings (SSSR count). The largest absolute Gasteiger partial charge is 0.508 e. The minimum absolute atomic E-state index is 0.250. The zero-order chi connectivity index (χ0) is 8.27. The predicted octanol–water partition coefficient (Wildman–Crippen LogP) is 1.76. The molecule has 0 atom stereocenters. The van der Waals surface area contributed by atoms with Crippen LogP contribution < -0.4 is 5.32 Å². The third-order valence-corrected chi connectivity index (χ3v) is 1.77. The molecule has 0 unspecified atom stereocenters. The maximum absolute atomic E-state index is 9.08. The molecular formula is C8H10ClNO. The predicted molar refractivity (Wildman–Crippen MR) is 45.9 cm³/mol. The van der Waals surface area contributed by atoms with Crippen molar-refractivity contribution < 1.29 is 5.11 Å². The summed E-state index contributed by atoms with van der Waals surface area (Å²) in [6, 6.07) is 4.91. The Morgan fingerprint density at radius 3 is 2.91 bits per heavy atom. The van der Waals surface area contributed by atoms with Crippen LogP contribution in [0.5, 0.6) is 5.75 Å². The number of phenolic OH excluding ortho intramolecular Hbond substituents is 1. The molecule has 0 saturated heterocycles. The van der Waals surface area contributed by atoms with Crippen molar-refractivity contribution in [3.8, 4) is 5.75 Å². The van der Waals surface area contributed by atoms with E-state index in [1.54, 1.807) is 18.2 Å². The number of halogens is 1. The van der Waals surface area contributed by atoms with Crippen LogP contribution in [0.15, 0.2) is 18.2 Å². The summed E-state index contributed by atoms with van der Waals surface area (Å²) in [5.41, 5.74) is 0.911. The summed E-state index contributed by atoms with van der Waals surface area (Å²) in [6.45, 7) is 0.674. The van der Waals surface area contributed by atoms with E-state index < -0.39 is 0 Å². The van der Waals surface area contributed by atoms with E-state index in [2.05, 4.69) is 5.32 Å². The molecule has 11 heavy (non-hydrogen) atoms. The summed E-state index contributed by atoms with van der Waals surface area (Å²) in [6.07, 6.45) is 0. The summed E-state index contributed by atoms with van der Waals surface area (Å²) in [4.78, 5) is 0. The third-order valence-electron chi connectivity index (χ3n) is 1.40. The summed E-state index contributed by atoms with van der Waals surface area (Å²) < 4.78 is 0. The van der Waals surface area contributed by atoms with Gasteiger partial charge in [0, 0.05) is 11.6 Å². The van der Waals surface area contributed by atoms with Crippen LogP contribution in [0.4, 0.5) is 0 Å². The number of nitrogens with one attached hydrogen (secondary N) is 1. The summed E-state index contributed by atoms with van der Waals surface area (Å²) in [5.74, 6) is 0.250. The van der Waals surface area contributed by atoms with Crippen molar-refractivity contribution in [3.05, 3.63) is 28.8 Å². The molecule has 3 heteroatoms. The van der Waals surface area contributed by atoms with Gasteiger partial charge in [0.05, 0.1) is 0 Å². The average Bonchev–Trinajstić information content (AvgIpc) is 1.98. The molecule has 2 nitrogen and oxygen atoms in total. The van der Waals surface area contributed by atoms with Gasteiger partial charge in [0.15, 0.2) is 0 Å². The maximum atomic E-state index is 9.08. The minimum Gasteiger partial charge on any atom is -0.508 e. The summed E-state index contributed by atoms with van der Waals surface area (Å²) in [7, 11) is 1.83. The Morgan fingerprint density at radius 1 is 1.55 bits per heavy atom. The zero-order valence-corrected chi connectivity index (χ0v) is 7.02. The van der Waals surface area contributed by atoms with Gasteiger partial charge in [0.1, 0.15) is 5.75 Å². The van der Waals surface area contributed by atoms with E-state index in [0.29, 0.717) is 11.6 Å². The monoisotopic (exact) mass is 171 g/mol. The summed E-state index contributed by atoms with van der Waals surface area (Å²) >= 11 is 5.82. The molecule has 60 valence electrons. The van der Waals surface area contributed by atoms with Crippen LogP contribution in [-0.2, 0) is 6.54 Å². The van der Waals surface area contributed by atoms with E-state index >= 15 is 0 Å². The highest BCUT2D eigenvalue weighted by atomic mass is 35.5. The Labute approximate surface area is 70.8 Å². The Hall–Kier alpha value is -0.730. The molecule has 1 aromatic carbocycles. The second-order valence-electron chi connectivity index (χ2n) is 2.31. The van der Waals surface area contributed by atoms with E-state index in [1.165, 1.54) is 0 Å². The van der Waals surface area contributed by atoms with Crippen LogP contribution in [0, 0.1) is 0 Å². The highest BCUT2D eigenvalue weighted by molar-refractivity contribution is 6.31. The van der Waals surface area contributed by atoms with Gasteiger partial charge in [-0.3, -0.25) is 0 Å². The number of hydrogen-bond acceptors (Lipinski definition) is 2. The second-order valence-corrected chi connectivity index (χ2v) is 2.71. The first-order valence-electron chi connectivity index (χ1n) is 3.36. The van der Waals surface area contributed by atoms with Crippen molar-refractivity contribution in [2.75, 3.05) is 7.05 Å². The highest BCUT2D eigenvalue weighted by Gasteiger charge is 1.98. The number of aromatic hydroxyl groups is 1. The SMILES string of the molecule is CNCc1cc(O)ccc1Cl. The van der Waals surface area contributed by atoms with Gasteiger partial charge < -0.3 is 10.4 Å². The smallest absolute Gasteiger partial charge is 0.116 e. The lowest BCUT2D eigenvalue weighted by Gasteiger charge is -2.02. The Morgan fingerprint density at radius 2 is 2.27 bits per heavy atom. The van der Waals surface area contributed by atoms with Crippen LogP contribution in [0.25, 0.3) is 0 Å². The number of rotatable bonds is 2. The third kappa shape index (κ3) is 2.10. The van der Waals surface area contributed by atoms with Gasteiger partial charge in [-0.25, -0.2) is 0 Å². The van der Waals surface area contributed by atoms with E-state index in [-0.39, 0.29) is 5.75 Å². The molecule has 0 aliphatic heterocycles. The first kappa shape index (κ1) is 8.37. The second kappa shape index (κ2) is 3.60. The molecule has 0 amide bonds. The van der Waals surface area contributed by atoms with Crippen molar-refractivity contribution in [1.82, 2.24) is 5.32 Å². The molecule has 1 aromatic rings. The van der Waals surface area contributed by atoms with E-state index in [9.17, 15) is 0 Å². The van der Waals surface area contributed by atoms with Crippen molar-refractivity contribution in [2.45, 2.75) is 6.54 Å². The van der Waals surface area contributed by atoms with Gasteiger partial charge in [-0.1, -0.05) is 11.6 Å². The minimum atomic E-state index is 0.250. The van der Waals surface area contributed by atoms with Crippen LogP contribution in [-0.4, -0.2) is 12.2 Å². The molecule has 0 fully saturated rings. The van der Waals surface area contributed by atoms with Crippen LogP contribution in [0.1, 0.15) is 5.56 Å². The molecule has 2 N–H and O–H groups in total. The van der Waals surface area contributed by atoms with Gasteiger partial charge in [-0.2, -0.15) is 0 Å². The lowest BCUT2D eigenvalue weighted by atomic mass is 10.2. The zero-order valence-electron chi connectivity index (χ0n) is 6.26. The Bertz CT molecular complexity index is 250. The lowest BCUT2D eigenvalue weighted by molar-refractivity contribution is 0.474. The van der Waals surface area contributed by atoms with Gasteiger partial charge in [0.2, 0.25) is 0 Å². The number of phenols is 1. The normalized spacial score (nSPS) is 10.0. The fourth-order valence-electron chi connectivity index (χ4n) is 0.887. The molecule has 0 heterocycles. The van der Waals surface area contributed by atoms with E-state index in [1.807, 2.05) is 7.05 Å². The van der Waals surface area contributed by atoms with Crippen molar-refractivity contribution in [1.29, 1.82) is 0 Å². The average molecular weight is 172 g/mol.